The van der Waals surface area contributed by atoms with Crippen LogP contribution in [0.5, 0.6) is 5.75 Å². The molecule has 0 fully saturated rings. The van der Waals surface area contributed by atoms with Gasteiger partial charge in [0.2, 0.25) is 0 Å². The lowest BCUT2D eigenvalue weighted by molar-refractivity contribution is 0.106. The first-order chi connectivity index (χ1) is 9.72. The quantitative estimate of drug-likeness (QED) is 0.542. The summed E-state index contributed by atoms with van der Waals surface area (Å²) in [7, 11) is 0. The van der Waals surface area contributed by atoms with E-state index in [2.05, 4.69) is 5.32 Å². The monoisotopic (exact) mass is 281 g/mol. The summed E-state index contributed by atoms with van der Waals surface area (Å²) >= 11 is 0. The van der Waals surface area contributed by atoms with Crippen LogP contribution >= 0.6 is 0 Å². The SMILES string of the molecule is Cc1ccc(OCC(O)CNCCCCCCO)cc1. The summed E-state index contributed by atoms with van der Waals surface area (Å²) in [5.41, 5.74) is 1.20. The number of hydrogen-bond donors (Lipinski definition) is 3. The van der Waals surface area contributed by atoms with Crippen LogP contribution in [-0.4, -0.2) is 42.6 Å². The summed E-state index contributed by atoms with van der Waals surface area (Å²) in [5.74, 6) is 0.790. The molecule has 4 nitrogen and oxygen atoms in total. The van der Waals surface area contributed by atoms with Crippen LogP contribution in [0.1, 0.15) is 31.2 Å². The highest BCUT2D eigenvalue weighted by molar-refractivity contribution is 5.26. The molecule has 3 N–H and O–H groups in total. The maximum Gasteiger partial charge on any atom is 0.119 e. The van der Waals surface area contributed by atoms with Crippen LogP contribution in [0, 0.1) is 6.92 Å². The van der Waals surface area contributed by atoms with Crippen LogP contribution in [0.2, 0.25) is 0 Å². The fraction of sp³-hybridized carbons (Fsp3) is 0.625. The summed E-state index contributed by atoms with van der Waals surface area (Å²) in [4.78, 5) is 0. The van der Waals surface area contributed by atoms with Gasteiger partial charge in [-0.2, -0.15) is 0 Å². The Labute approximate surface area is 121 Å². The van der Waals surface area contributed by atoms with E-state index in [1.807, 2.05) is 31.2 Å². The molecule has 0 spiro atoms. The largest absolute Gasteiger partial charge is 0.491 e. The first-order valence-corrected chi connectivity index (χ1v) is 7.41. The van der Waals surface area contributed by atoms with Gasteiger partial charge in [0.15, 0.2) is 0 Å². The fourth-order valence-corrected chi connectivity index (χ4v) is 1.87. The molecule has 1 unspecified atom stereocenters. The van der Waals surface area contributed by atoms with Crippen LogP contribution in [0.3, 0.4) is 0 Å². The molecule has 0 amide bonds. The lowest BCUT2D eigenvalue weighted by Gasteiger charge is -2.13. The van der Waals surface area contributed by atoms with E-state index >= 15 is 0 Å². The van der Waals surface area contributed by atoms with Gasteiger partial charge in [0.05, 0.1) is 0 Å². The van der Waals surface area contributed by atoms with E-state index in [-0.39, 0.29) is 6.61 Å². The molecule has 1 rings (SSSR count). The Hall–Kier alpha value is -1.10. The zero-order valence-electron chi connectivity index (χ0n) is 12.3. The van der Waals surface area contributed by atoms with Crippen LogP contribution in [-0.2, 0) is 0 Å². The Bertz CT molecular complexity index is 340. The summed E-state index contributed by atoms with van der Waals surface area (Å²) in [5, 5.41) is 21.6. The van der Waals surface area contributed by atoms with Gasteiger partial charge in [-0.1, -0.05) is 30.5 Å². The lowest BCUT2D eigenvalue weighted by atomic mass is 10.2. The van der Waals surface area contributed by atoms with Gasteiger partial charge >= 0.3 is 0 Å². The number of aliphatic hydroxyl groups is 2. The number of aryl methyl sites for hydroxylation is 1. The summed E-state index contributed by atoms with van der Waals surface area (Å²) in [6, 6.07) is 7.81. The van der Waals surface area contributed by atoms with Crippen LogP contribution in [0.25, 0.3) is 0 Å². The average Bonchev–Trinajstić information content (AvgIpc) is 2.46. The molecule has 0 saturated carbocycles. The second-order valence-electron chi connectivity index (χ2n) is 5.12. The highest BCUT2D eigenvalue weighted by atomic mass is 16.5. The third-order valence-corrected chi connectivity index (χ3v) is 3.10. The molecule has 1 atom stereocenters. The van der Waals surface area contributed by atoms with Crippen molar-refractivity contribution in [1.29, 1.82) is 0 Å². The van der Waals surface area contributed by atoms with Crippen molar-refractivity contribution in [1.82, 2.24) is 5.32 Å². The average molecular weight is 281 g/mol. The molecule has 0 aliphatic carbocycles. The molecule has 0 saturated heterocycles. The molecule has 0 radical (unpaired) electrons. The van der Waals surface area contributed by atoms with Crippen LogP contribution in [0.15, 0.2) is 24.3 Å². The first-order valence-electron chi connectivity index (χ1n) is 7.41. The molecular formula is C16H27NO3. The molecule has 1 aromatic carbocycles. The zero-order valence-corrected chi connectivity index (χ0v) is 12.3. The van der Waals surface area contributed by atoms with Crippen molar-refractivity contribution in [2.24, 2.45) is 0 Å². The van der Waals surface area contributed by atoms with Crippen molar-refractivity contribution in [2.75, 3.05) is 26.3 Å². The Morgan fingerprint density at radius 1 is 1.10 bits per heavy atom. The molecular weight excluding hydrogens is 254 g/mol. The van der Waals surface area contributed by atoms with E-state index in [0.29, 0.717) is 13.2 Å². The number of nitrogens with one attached hydrogen (secondary N) is 1. The van der Waals surface area contributed by atoms with Crippen molar-refractivity contribution < 1.29 is 14.9 Å². The second-order valence-corrected chi connectivity index (χ2v) is 5.12. The van der Waals surface area contributed by atoms with Crippen molar-refractivity contribution in [3.05, 3.63) is 29.8 Å². The van der Waals surface area contributed by atoms with Gasteiger partial charge in [0, 0.05) is 13.2 Å². The van der Waals surface area contributed by atoms with E-state index in [1.165, 1.54) is 5.56 Å². The van der Waals surface area contributed by atoms with E-state index in [9.17, 15) is 5.11 Å². The Balaban J connectivity index is 2.00. The highest BCUT2D eigenvalue weighted by Gasteiger charge is 2.04. The third kappa shape index (κ3) is 8.15. The molecule has 0 aliphatic heterocycles. The van der Waals surface area contributed by atoms with E-state index in [1.54, 1.807) is 0 Å². The Morgan fingerprint density at radius 2 is 1.80 bits per heavy atom. The van der Waals surface area contributed by atoms with Gasteiger partial charge in [-0.3, -0.25) is 0 Å². The summed E-state index contributed by atoms with van der Waals surface area (Å²) < 4.78 is 5.52. The maximum atomic E-state index is 9.79. The Morgan fingerprint density at radius 3 is 2.50 bits per heavy atom. The highest BCUT2D eigenvalue weighted by Crippen LogP contribution is 2.11. The van der Waals surface area contributed by atoms with Crippen molar-refractivity contribution in [3.8, 4) is 5.75 Å². The normalized spacial score (nSPS) is 12.3. The van der Waals surface area contributed by atoms with Gasteiger partial charge in [0.1, 0.15) is 18.5 Å². The minimum atomic E-state index is -0.492. The van der Waals surface area contributed by atoms with Gasteiger partial charge in [0.25, 0.3) is 0 Å². The van der Waals surface area contributed by atoms with Crippen LogP contribution < -0.4 is 10.1 Å². The predicted octanol–water partition coefficient (Wildman–Crippen LogP) is 1.88. The van der Waals surface area contributed by atoms with Crippen molar-refractivity contribution in [2.45, 2.75) is 38.7 Å². The zero-order chi connectivity index (χ0) is 14.6. The van der Waals surface area contributed by atoms with E-state index in [0.717, 1.165) is 38.0 Å². The smallest absolute Gasteiger partial charge is 0.119 e. The maximum absolute atomic E-state index is 9.79. The number of benzene rings is 1. The van der Waals surface area contributed by atoms with Crippen LogP contribution in [0.4, 0.5) is 0 Å². The molecule has 20 heavy (non-hydrogen) atoms. The molecule has 1 aromatic rings. The molecule has 0 heterocycles. The Kier molecular flexibility index (Phi) is 9.04. The molecule has 0 aliphatic rings. The topological polar surface area (TPSA) is 61.7 Å². The van der Waals surface area contributed by atoms with Gasteiger partial charge in [-0.05, 0) is 38.4 Å². The molecule has 114 valence electrons. The minimum Gasteiger partial charge on any atom is -0.491 e. The number of unbranched alkanes of at least 4 members (excludes halogenated alkanes) is 3. The van der Waals surface area contributed by atoms with Crippen molar-refractivity contribution >= 4 is 0 Å². The first kappa shape index (κ1) is 17.0. The molecule has 4 heteroatoms. The summed E-state index contributed by atoms with van der Waals surface area (Å²) in [6.45, 7) is 4.06. The predicted molar refractivity (Wildman–Crippen MR) is 81.1 cm³/mol. The van der Waals surface area contributed by atoms with E-state index < -0.39 is 6.10 Å². The molecule has 0 bridgehead atoms. The van der Waals surface area contributed by atoms with E-state index in [4.69, 9.17) is 9.84 Å². The molecule has 0 aromatic heterocycles. The second kappa shape index (κ2) is 10.7. The third-order valence-electron chi connectivity index (χ3n) is 3.10. The lowest BCUT2D eigenvalue weighted by Crippen LogP contribution is -2.32. The van der Waals surface area contributed by atoms with Gasteiger partial charge in [-0.25, -0.2) is 0 Å². The van der Waals surface area contributed by atoms with Crippen molar-refractivity contribution in [3.63, 3.8) is 0 Å². The standard InChI is InChI=1S/C16H27NO3/c1-14-6-8-16(9-7-14)20-13-15(19)12-17-10-4-2-3-5-11-18/h6-9,15,17-19H,2-5,10-13H2,1H3. The number of ether oxygens (including phenoxy) is 1. The fourth-order valence-electron chi connectivity index (χ4n) is 1.87. The minimum absolute atomic E-state index is 0.280. The van der Waals surface area contributed by atoms with Gasteiger partial charge in [-0.15, -0.1) is 0 Å². The number of hydrogen-bond acceptors (Lipinski definition) is 4. The van der Waals surface area contributed by atoms with Gasteiger partial charge < -0.3 is 20.3 Å². The number of rotatable bonds is 11. The number of aliphatic hydroxyl groups excluding tert-OH is 2. The summed E-state index contributed by atoms with van der Waals surface area (Å²) in [6.07, 6.45) is 3.65.